The molecule has 0 unspecified atom stereocenters. The Morgan fingerprint density at radius 3 is 1.27 bits per heavy atom. The first-order valence-electron chi connectivity index (χ1n) is 14.5. The summed E-state index contributed by atoms with van der Waals surface area (Å²) >= 11 is 0. The Bertz CT molecular complexity index is 374. The van der Waals surface area contributed by atoms with Crippen LogP contribution in [0.25, 0.3) is 0 Å². The van der Waals surface area contributed by atoms with Crippen LogP contribution in [-0.2, 0) is 4.43 Å². The average molecular weight is 486 g/mol. The topological polar surface area (TPSA) is 19.0 Å². The molecule has 0 fully saturated rings. The van der Waals surface area contributed by atoms with Crippen LogP contribution in [0.15, 0.2) is 0 Å². The molecular weight excluding hydrogens is 422 g/mol. The molecule has 0 rings (SSSR count). The highest BCUT2D eigenvalue weighted by Crippen LogP contribution is 2.39. The van der Waals surface area contributed by atoms with Gasteiger partial charge in [-0.3, -0.25) is 0 Å². The molecule has 5 heteroatoms. The van der Waals surface area contributed by atoms with Crippen LogP contribution >= 0.6 is 0 Å². The average Bonchev–Trinajstić information content (AvgIpc) is 2.77. The third-order valence-corrected chi connectivity index (χ3v) is 9.43. The Morgan fingerprint density at radius 1 is 0.606 bits per heavy atom. The third-order valence-electron chi connectivity index (χ3n) is 7.45. The molecule has 0 heterocycles. The van der Waals surface area contributed by atoms with Gasteiger partial charge in [0.2, 0.25) is 0 Å². The van der Waals surface area contributed by atoms with Crippen LogP contribution < -0.4 is 0 Å². The van der Waals surface area contributed by atoms with Crippen molar-refractivity contribution >= 4 is 9.76 Å². The van der Waals surface area contributed by atoms with Gasteiger partial charge in [-0.15, -0.1) is 0 Å². The summed E-state index contributed by atoms with van der Waals surface area (Å²) in [5, 5.41) is 0. The second kappa shape index (κ2) is 21.3. The van der Waals surface area contributed by atoms with Crippen LogP contribution in [-0.4, -0.2) is 91.0 Å². The summed E-state index contributed by atoms with van der Waals surface area (Å²) in [6, 6.07) is 1.37. The lowest BCUT2D eigenvalue weighted by atomic mass is 9.76. The lowest BCUT2D eigenvalue weighted by Gasteiger charge is -2.36. The zero-order valence-electron chi connectivity index (χ0n) is 24.3. The molecule has 0 aromatic heterocycles. The number of rotatable bonds is 24. The lowest BCUT2D eigenvalue weighted by Crippen LogP contribution is -2.31. The molecule has 0 saturated heterocycles. The van der Waals surface area contributed by atoms with Crippen molar-refractivity contribution in [2.24, 2.45) is 5.41 Å². The molecule has 0 bridgehead atoms. The molecule has 200 valence electrons. The zero-order valence-corrected chi connectivity index (χ0v) is 25.7. The van der Waals surface area contributed by atoms with Gasteiger partial charge in [0.15, 0.2) is 9.76 Å². The first-order valence-corrected chi connectivity index (χ1v) is 16.1. The van der Waals surface area contributed by atoms with Crippen molar-refractivity contribution in [3.8, 4) is 0 Å². The number of hydrogen-bond acceptors (Lipinski definition) is 4. The van der Waals surface area contributed by atoms with Gasteiger partial charge in [0.1, 0.15) is 0 Å². The maximum Gasteiger partial charge on any atom is 0.162 e. The molecule has 0 saturated carbocycles. The van der Waals surface area contributed by atoms with Gasteiger partial charge in [-0.05, 0) is 142 Å². The SMILES string of the molecule is CCCN(C)CCCC(CCCN(C)CCC)(CCCN(C)CCC)C[SiH2]OC(CC)CC. The summed E-state index contributed by atoms with van der Waals surface area (Å²) in [7, 11) is 6.43. The molecule has 0 aliphatic heterocycles. The van der Waals surface area contributed by atoms with E-state index in [-0.39, 0.29) is 0 Å². The maximum absolute atomic E-state index is 6.50. The minimum Gasteiger partial charge on any atom is -0.421 e. The van der Waals surface area contributed by atoms with E-state index in [1.165, 1.54) is 116 Å². The maximum atomic E-state index is 6.50. The molecule has 4 nitrogen and oxygen atoms in total. The summed E-state index contributed by atoms with van der Waals surface area (Å²) in [4.78, 5) is 7.60. The minimum atomic E-state index is -0.474. The third kappa shape index (κ3) is 17.2. The summed E-state index contributed by atoms with van der Waals surface area (Å²) in [6.45, 7) is 18.9. The van der Waals surface area contributed by atoms with Gasteiger partial charge in [0.05, 0.1) is 0 Å². The van der Waals surface area contributed by atoms with Crippen LogP contribution in [0.3, 0.4) is 0 Å². The van der Waals surface area contributed by atoms with Crippen molar-refractivity contribution in [2.75, 3.05) is 60.4 Å². The van der Waals surface area contributed by atoms with Crippen molar-refractivity contribution in [3.05, 3.63) is 0 Å². The van der Waals surface area contributed by atoms with Gasteiger partial charge in [0.25, 0.3) is 0 Å². The molecule has 0 amide bonds. The molecule has 0 aromatic carbocycles. The Kier molecular flexibility index (Phi) is 21.4. The van der Waals surface area contributed by atoms with Crippen LogP contribution in [0.5, 0.6) is 0 Å². The van der Waals surface area contributed by atoms with E-state index in [1.807, 2.05) is 0 Å². The van der Waals surface area contributed by atoms with Gasteiger partial charge in [-0.2, -0.15) is 0 Å². The van der Waals surface area contributed by atoms with Crippen molar-refractivity contribution in [1.29, 1.82) is 0 Å². The van der Waals surface area contributed by atoms with Gasteiger partial charge in [-0.1, -0.05) is 34.6 Å². The summed E-state index contributed by atoms with van der Waals surface area (Å²) in [5.74, 6) is 0. The molecule has 33 heavy (non-hydrogen) atoms. The monoisotopic (exact) mass is 485 g/mol. The van der Waals surface area contributed by atoms with Gasteiger partial charge >= 0.3 is 0 Å². The second-order valence-electron chi connectivity index (χ2n) is 10.8. The second-order valence-corrected chi connectivity index (χ2v) is 12.0. The van der Waals surface area contributed by atoms with E-state index >= 15 is 0 Å². The fourth-order valence-corrected chi connectivity index (χ4v) is 7.47. The standard InChI is InChI=1S/C28H63N3OSi/c1-9-20-29(6)23-14-17-28(18-15-24-30(7)21-10-2,19-16-25-31(8)22-11-3)26-33-32-27(12-4)13-5/h27H,9-26,33H2,1-8H3. The summed E-state index contributed by atoms with van der Waals surface area (Å²) in [5.41, 5.74) is 0.491. The Labute approximate surface area is 212 Å². The van der Waals surface area contributed by atoms with Crippen molar-refractivity contribution < 1.29 is 4.43 Å². The largest absolute Gasteiger partial charge is 0.421 e. The molecule has 0 aliphatic carbocycles. The van der Waals surface area contributed by atoms with E-state index in [0.29, 0.717) is 11.5 Å². The van der Waals surface area contributed by atoms with Crippen LogP contribution in [0.1, 0.15) is 105 Å². The van der Waals surface area contributed by atoms with Crippen LogP contribution in [0.4, 0.5) is 0 Å². The normalized spacial score (nSPS) is 13.1. The van der Waals surface area contributed by atoms with Crippen molar-refractivity contribution in [1.82, 2.24) is 14.7 Å². The molecule has 0 aromatic rings. The molecule has 0 atom stereocenters. The van der Waals surface area contributed by atoms with Crippen molar-refractivity contribution in [3.63, 3.8) is 0 Å². The molecule has 0 radical (unpaired) electrons. The van der Waals surface area contributed by atoms with Crippen LogP contribution in [0.2, 0.25) is 6.04 Å². The first-order chi connectivity index (χ1) is 15.9. The predicted molar refractivity (Wildman–Crippen MR) is 152 cm³/mol. The Balaban J connectivity index is 5.21. The highest BCUT2D eigenvalue weighted by atomic mass is 28.2. The van der Waals surface area contributed by atoms with Gasteiger partial charge in [-0.25, -0.2) is 0 Å². The van der Waals surface area contributed by atoms with E-state index in [9.17, 15) is 0 Å². The van der Waals surface area contributed by atoms with E-state index < -0.39 is 9.76 Å². The highest BCUT2D eigenvalue weighted by Gasteiger charge is 2.29. The summed E-state index contributed by atoms with van der Waals surface area (Å²) < 4.78 is 6.50. The summed E-state index contributed by atoms with van der Waals surface area (Å²) in [6.07, 6.45) is 14.8. The molecular formula is C28H63N3OSi. The smallest absolute Gasteiger partial charge is 0.162 e. The first kappa shape index (κ1) is 33.1. The van der Waals surface area contributed by atoms with Gasteiger partial charge < -0.3 is 19.1 Å². The predicted octanol–water partition coefficient (Wildman–Crippen LogP) is 6.05. The lowest BCUT2D eigenvalue weighted by molar-refractivity contribution is 0.167. The van der Waals surface area contributed by atoms with E-state index in [0.717, 1.165) is 0 Å². The van der Waals surface area contributed by atoms with E-state index in [1.54, 1.807) is 0 Å². The molecule has 0 aliphatic rings. The highest BCUT2D eigenvalue weighted by molar-refractivity contribution is 6.27. The van der Waals surface area contributed by atoms with Crippen molar-refractivity contribution in [2.45, 2.75) is 117 Å². The quantitative estimate of drug-likeness (QED) is 0.155. The number of hydrogen-bond donors (Lipinski definition) is 0. The Morgan fingerprint density at radius 2 is 0.970 bits per heavy atom. The van der Waals surface area contributed by atoms with Crippen LogP contribution in [0, 0.1) is 5.41 Å². The zero-order chi connectivity index (χ0) is 25.0. The molecule has 0 N–H and O–H groups in total. The fourth-order valence-electron chi connectivity index (χ4n) is 5.37. The van der Waals surface area contributed by atoms with E-state index in [2.05, 4.69) is 70.5 Å². The minimum absolute atomic E-state index is 0.474. The Hall–Kier alpha value is 0.0569. The van der Waals surface area contributed by atoms with E-state index in [4.69, 9.17) is 4.43 Å². The van der Waals surface area contributed by atoms with Gasteiger partial charge in [0, 0.05) is 6.10 Å². The number of nitrogens with zero attached hydrogens (tertiary/aromatic N) is 3. The fraction of sp³-hybridized carbons (Fsp3) is 1.00. The molecule has 0 spiro atoms.